The highest BCUT2D eigenvalue weighted by Gasteiger charge is 2.16. The number of carbonyl (C=O) groups excluding carboxylic acids is 2. The van der Waals surface area contributed by atoms with Crippen LogP contribution in [0.2, 0.25) is 0 Å². The quantitative estimate of drug-likeness (QED) is 0.414. The fourth-order valence-corrected chi connectivity index (χ4v) is 3.23. The zero-order chi connectivity index (χ0) is 23.6. The van der Waals surface area contributed by atoms with E-state index in [4.69, 9.17) is 4.74 Å². The van der Waals surface area contributed by atoms with Crippen molar-refractivity contribution in [1.82, 2.24) is 0 Å². The van der Waals surface area contributed by atoms with E-state index in [1.165, 1.54) is 0 Å². The molecule has 0 bridgehead atoms. The molecule has 3 rings (SSSR count). The maximum atomic E-state index is 13.0. The molecule has 0 saturated carbocycles. The van der Waals surface area contributed by atoms with Gasteiger partial charge < -0.3 is 20.3 Å². The lowest BCUT2D eigenvalue weighted by Gasteiger charge is -2.21. The van der Waals surface area contributed by atoms with Crippen molar-refractivity contribution in [2.24, 2.45) is 0 Å². The molecule has 3 aromatic rings. The second-order valence-electron chi connectivity index (χ2n) is 7.64. The van der Waals surface area contributed by atoms with Crippen LogP contribution in [0.15, 0.2) is 91.0 Å². The number of hydrogen-bond acceptors (Lipinski definition) is 4. The van der Waals surface area contributed by atoms with Crippen molar-refractivity contribution in [3.63, 3.8) is 0 Å². The number of nitrogens with one attached hydrogen (secondary N) is 2. The van der Waals surface area contributed by atoms with Crippen molar-refractivity contribution in [1.29, 1.82) is 0 Å². The van der Waals surface area contributed by atoms with E-state index in [-0.39, 0.29) is 18.4 Å². The van der Waals surface area contributed by atoms with E-state index >= 15 is 0 Å². The highest BCUT2D eigenvalue weighted by Crippen LogP contribution is 2.20. The number of rotatable bonds is 10. The first-order valence-electron chi connectivity index (χ1n) is 10.8. The second-order valence-corrected chi connectivity index (χ2v) is 7.64. The van der Waals surface area contributed by atoms with Gasteiger partial charge in [-0.2, -0.15) is 0 Å². The Hall–Kier alpha value is -4.06. The van der Waals surface area contributed by atoms with Gasteiger partial charge >= 0.3 is 0 Å². The standard InChI is InChI=1S/C27H29N3O3/c1-4-30(24-13-6-5-7-14-24)27(32)21-10-8-12-23(16-21)29-26(31)18-28-22-11-9-15-25(17-22)33-19-20(2)3/h5-17,28H,2,4,18-19H2,1,3H3,(H,29,31). The van der Waals surface area contributed by atoms with Gasteiger partial charge in [-0.05, 0) is 61.9 Å². The molecule has 2 N–H and O–H groups in total. The number of para-hydroxylation sites is 1. The minimum atomic E-state index is -0.219. The van der Waals surface area contributed by atoms with E-state index in [2.05, 4.69) is 17.2 Å². The molecule has 0 aromatic heterocycles. The number of nitrogens with zero attached hydrogens (tertiary/aromatic N) is 1. The molecule has 0 saturated heterocycles. The third kappa shape index (κ3) is 6.97. The average Bonchev–Trinajstić information content (AvgIpc) is 2.83. The van der Waals surface area contributed by atoms with Crippen LogP contribution in [0.3, 0.4) is 0 Å². The van der Waals surface area contributed by atoms with Gasteiger partial charge in [-0.3, -0.25) is 9.59 Å². The maximum absolute atomic E-state index is 13.0. The fraction of sp³-hybridized carbons (Fsp3) is 0.185. The fourth-order valence-electron chi connectivity index (χ4n) is 3.23. The Bertz CT molecular complexity index is 1110. The molecule has 0 aliphatic rings. The number of ether oxygens (including phenoxy) is 1. The van der Waals surface area contributed by atoms with Crippen LogP contribution in [0, 0.1) is 0 Å². The number of anilines is 3. The minimum Gasteiger partial charge on any atom is -0.489 e. The largest absolute Gasteiger partial charge is 0.489 e. The third-order valence-electron chi connectivity index (χ3n) is 4.79. The summed E-state index contributed by atoms with van der Waals surface area (Å²) in [4.78, 5) is 27.2. The molecule has 0 atom stereocenters. The SMILES string of the molecule is C=C(C)COc1cccc(NCC(=O)Nc2cccc(C(=O)N(CC)c3ccccc3)c2)c1. The maximum Gasteiger partial charge on any atom is 0.258 e. The van der Waals surface area contributed by atoms with E-state index in [1.54, 1.807) is 29.2 Å². The lowest BCUT2D eigenvalue weighted by molar-refractivity contribution is -0.114. The highest BCUT2D eigenvalue weighted by atomic mass is 16.5. The number of carbonyl (C=O) groups is 2. The summed E-state index contributed by atoms with van der Waals surface area (Å²) in [5.41, 5.74) is 3.61. The number of hydrogen-bond donors (Lipinski definition) is 2. The number of amides is 2. The lowest BCUT2D eigenvalue weighted by Crippen LogP contribution is -2.30. The van der Waals surface area contributed by atoms with Crippen molar-refractivity contribution in [3.05, 3.63) is 96.6 Å². The van der Waals surface area contributed by atoms with Crippen LogP contribution in [0.1, 0.15) is 24.2 Å². The molecule has 33 heavy (non-hydrogen) atoms. The molecular weight excluding hydrogens is 414 g/mol. The molecule has 170 valence electrons. The summed E-state index contributed by atoms with van der Waals surface area (Å²) in [5.74, 6) is 0.362. The normalized spacial score (nSPS) is 10.2. The van der Waals surface area contributed by atoms with Crippen LogP contribution in [-0.2, 0) is 4.79 Å². The smallest absolute Gasteiger partial charge is 0.258 e. The Labute approximate surface area is 194 Å². The zero-order valence-corrected chi connectivity index (χ0v) is 19.0. The van der Waals surface area contributed by atoms with Crippen molar-refractivity contribution < 1.29 is 14.3 Å². The Morgan fingerprint density at radius 2 is 1.67 bits per heavy atom. The molecule has 0 radical (unpaired) electrons. The zero-order valence-electron chi connectivity index (χ0n) is 19.0. The molecule has 2 amide bonds. The molecule has 3 aromatic carbocycles. The molecular formula is C27H29N3O3. The Kier molecular flexibility index (Phi) is 8.24. The summed E-state index contributed by atoms with van der Waals surface area (Å²) in [6, 6.07) is 23.9. The molecule has 0 fully saturated rings. The topological polar surface area (TPSA) is 70.7 Å². The van der Waals surface area contributed by atoms with Crippen LogP contribution in [-0.4, -0.2) is 31.5 Å². The van der Waals surface area contributed by atoms with Gasteiger partial charge in [0.2, 0.25) is 5.91 Å². The van der Waals surface area contributed by atoms with E-state index in [9.17, 15) is 9.59 Å². The summed E-state index contributed by atoms with van der Waals surface area (Å²) in [7, 11) is 0. The Morgan fingerprint density at radius 3 is 2.39 bits per heavy atom. The second kappa shape index (κ2) is 11.5. The van der Waals surface area contributed by atoms with Gasteiger partial charge in [0.05, 0.1) is 6.54 Å². The Morgan fingerprint density at radius 1 is 0.939 bits per heavy atom. The first kappa shape index (κ1) is 23.6. The van der Waals surface area contributed by atoms with Gasteiger partial charge in [0.1, 0.15) is 12.4 Å². The molecule has 0 heterocycles. The van der Waals surface area contributed by atoms with Crippen LogP contribution < -0.4 is 20.3 Å². The lowest BCUT2D eigenvalue weighted by atomic mass is 10.1. The van der Waals surface area contributed by atoms with Crippen molar-refractivity contribution in [2.75, 3.05) is 35.2 Å². The molecule has 0 unspecified atom stereocenters. The molecule has 6 heteroatoms. The predicted molar refractivity (Wildman–Crippen MR) is 134 cm³/mol. The monoisotopic (exact) mass is 443 g/mol. The highest BCUT2D eigenvalue weighted by molar-refractivity contribution is 6.07. The minimum absolute atomic E-state index is 0.0766. The third-order valence-corrected chi connectivity index (χ3v) is 4.79. The summed E-state index contributed by atoms with van der Waals surface area (Å²) in [6.07, 6.45) is 0. The van der Waals surface area contributed by atoms with Crippen molar-refractivity contribution in [3.8, 4) is 5.75 Å². The van der Waals surface area contributed by atoms with Gasteiger partial charge in [-0.15, -0.1) is 0 Å². The van der Waals surface area contributed by atoms with Crippen molar-refractivity contribution in [2.45, 2.75) is 13.8 Å². The first-order chi connectivity index (χ1) is 16.0. The van der Waals surface area contributed by atoms with Crippen LogP contribution in [0.5, 0.6) is 5.75 Å². The summed E-state index contributed by atoms with van der Waals surface area (Å²) >= 11 is 0. The summed E-state index contributed by atoms with van der Waals surface area (Å²) in [5, 5.41) is 5.93. The molecule has 6 nitrogen and oxygen atoms in total. The van der Waals surface area contributed by atoms with Gasteiger partial charge in [0.25, 0.3) is 5.91 Å². The van der Waals surface area contributed by atoms with Gasteiger partial charge in [0, 0.05) is 35.2 Å². The molecule has 0 aliphatic carbocycles. The van der Waals surface area contributed by atoms with Gasteiger partial charge in [0.15, 0.2) is 0 Å². The van der Waals surface area contributed by atoms with Gasteiger partial charge in [-0.25, -0.2) is 0 Å². The van der Waals surface area contributed by atoms with E-state index in [0.717, 1.165) is 16.9 Å². The summed E-state index contributed by atoms with van der Waals surface area (Å²) < 4.78 is 5.63. The van der Waals surface area contributed by atoms with Crippen molar-refractivity contribution >= 4 is 28.9 Å². The van der Waals surface area contributed by atoms with Crippen LogP contribution >= 0.6 is 0 Å². The average molecular weight is 444 g/mol. The van der Waals surface area contributed by atoms with E-state index in [1.807, 2.05) is 68.4 Å². The molecule has 0 aliphatic heterocycles. The Balaban J connectivity index is 1.60. The van der Waals surface area contributed by atoms with E-state index in [0.29, 0.717) is 30.2 Å². The first-order valence-corrected chi connectivity index (χ1v) is 10.8. The molecule has 0 spiro atoms. The van der Waals surface area contributed by atoms with Crippen LogP contribution in [0.25, 0.3) is 0 Å². The number of benzene rings is 3. The van der Waals surface area contributed by atoms with Gasteiger partial charge in [-0.1, -0.05) is 36.9 Å². The predicted octanol–water partition coefficient (Wildman–Crippen LogP) is 5.36. The van der Waals surface area contributed by atoms with E-state index < -0.39 is 0 Å². The summed E-state index contributed by atoms with van der Waals surface area (Å²) in [6.45, 7) is 8.71. The van der Waals surface area contributed by atoms with Crippen LogP contribution in [0.4, 0.5) is 17.1 Å².